The SMILES string of the molecule is CCOC1=CC=C2NC1N(C=O)CCC/C=C\Cn1c(=O)c3cnc(Nc4ccc5c(ccn5C5CCN(C)CC5)c4)nc3n12. The molecule has 45 heavy (non-hydrogen) atoms. The fourth-order valence-electron chi connectivity index (χ4n) is 6.57. The first-order valence-corrected chi connectivity index (χ1v) is 15.8. The van der Waals surface area contributed by atoms with Crippen LogP contribution in [0.5, 0.6) is 0 Å². The molecule has 3 aliphatic rings. The molecule has 12 heteroatoms. The van der Waals surface area contributed by atoms with E-state index in [2.05, 4.69) is 56.5 Å². The van der Waals surface area contributed by atoms with Crippen LogP contribution in [0.3, 0.4) is 0 Å². The molecule has 0 saturated carbocycles. The number of aromatic nitrogens is 5. The number of nitrogens with zero attached hydrogens (tertiary/aromatic N) is 7. The maximum atomic E-state index is 13.6. The number of ether oxygens (including phenoxy) is 1. The highest BCUT2D eigenvalue weighted by Gasteiger charge is 2.29. The van der Waals surface area contributed by atoms with Gasteiger partial charge in [0.05, 0.1) is 13.2 Å². The maximum Gasteiger partial charge on any atom is 0.278 e. The summed E-state index contributed by atoms with van der Waals surface area (Å²) in [6.45, 7) is 5.53. The van der Waals surface area contributed by atoms with Gasteiger partial charge in [0.25, 0.3) is 5.56 Å². The molecule has 2 bridgehead atoms. The van der Waals surface area contributed by atoms with Crippen LogP contribution in [0.25, 0.3) is 27.8 Å². The molecule has 4 aromatic rings. The molecule has 12 nitrogen and oxygen atoms in total. The van der Waals surface area contributed by atoms with E-state index in [0.717, 1.165) is 56.3 Å². The second kappa shape index (κ2) is 12.3. The third-order valence-electron chi connectivity index (χ3n) is 8.93. The van der Waals surface area contributed by atoms with Crippen LogP contribution in [0.1, 0.15) is 38.6 Å². The molecule has 1 atom stereocenters. The minimum absolute atomic E-state index is 0.194. The lowest BCUT2D eigenvalue weighted by atomic mass is 10.1. The smallest absolute Gasteiger partial charge is 0.278 e. The van der Waals surface area contributed by atoms with E-state index in [1.165, 1.54) is 5.52 Å². The quantitative estimate of drug-likeness (QED) is 0.249. The van der Waals surface area contributed by atoms with Gasteiger partial charge in [-0.05, 0) is 89.2 Å². The fraction of sp³-hybridized carbons (Fsp3) is 0.394. The van der Waals surface area contributed by atoms with Gasteiger partial charge in [-0.1, -0.05) is 12.2 Å². The maximum absolute atomic E-state index is 13.6. The number of likely N-dealkylation sites (tertiary alicyclic amines) is 1. The Morgan fingerprint density at radius 3 is 2.82 bits per heavy atom. The number of fused-ring (bicyclic) bond motifs is 7. The zero-order chi connectivity index (χ0) is 30.9. The van der Waals surface area contributed by atoms with Gasteiger partial charge in [0.1, 0.15) is 17.0 Å². The van der Waals surface area contributed by atoms with Crippen LogP contribution in [0.4, 0.5) is 11.6 Å². The van der Waals surface area contributed by atoms with Crippen molar-refractivity contribution in [2.75, 3.05) is 38.6 Å². The first-order valence-electron chi connectivity index (χ1n) is 15.8. The van der Waals surface area contributed by atoms with Crippen molar-refractivity contribution in [1.82, 2.24) is 39.0 Å². The molecule has 1 amide bonds. The van der Waals surface area contributed by atoms with Crippen molar-refractivity contribution in [2.45, 2.75) is 51.4 Å². The van der Waals surface area contributed by atoms with Gasteiger partial charge in [-0.2, -0.15) is 4.98 Å². The van der Waals surface area contributed by atoms with E-state index >= 15 is 0 Å². The number of anilines is 2. The van der Waals surface area contributed by atoms with Crippen molar-refractivity contribution in [3.8, 4) is 0 Å². The van der Waals surface area contributed by atoms with Crippen LogP contribution in [0, 0.1) is 0 Å². The van der Waals surface area contributed by atoms with Crippen molar-refractivity contribution in [2.24, 2.45) is 0 Å². The lowest BCUT2D eigenvalue weighted by Crippen LogP contribution is -2.49. The van der Waals surface area contributed by atoms with Crippen molar-refractivity contribution >= 4 is 45.8 Å². The number of allylic oxidation sites excluding steroid dienone is 4. The van der Waals surface area contributed by atoms with Gasteiger partial charge in [-0.25, -0.2) is 14.3 Å². The second-order valence-corrected chi connectivity index (χ2v) is 11.8. The standard InChI is InChI=1S/C33H39N9O3/c1-3-45-28-10-11-29-36-31(28)39(22-43)15-6-4-5-7-16-41-32(44)26-21-34-33(37-30(26)42(29)41)35-24-8-9-27-23(20-24)12-19-40(27)25-13-17-38(2)18-14-25/h5,7-12,19-22,25,31,36H,3-4,6,13-18H2,1-2H3,(H,34,35,37)/b7-5-. The van der Waals surface area contributed by atoms with E-state index in [9.17, 15) is 9.59 Å². The molecule has 234 valence electrons. The van der Waals surface area contributed by atoms with E-state index in [1.807, 2.05) is 37.3 Å². The summed E-state index contributed by atoms with van der Waals surface area (Å²) in [5.41, 5.74) is 2.34. The van der Waals surface area contributed by atoms with Crippen molar-refractivity contribution < 1.29 is 9.53 Å². The minimum atomic E-state index is -0.514. The second-order valence-electron chi connectivity index (χ2n) is 11.8. The Labute approximate surface area is 261 Å². The van der Waals surface area contributed by atoms with Crippen LogP contribution >= 0.6 is 0 Å². The third-order valence-corrected chi connectivity index (χ3v) is 8.93. The molecular formula is C33H39N9O3. The summed E-state index contributed by atoms with van der Waals surface area (Å²) < 4.78 is 11.7. The lowest BCUT2D eigenvalue weighted by Gasteiger charge is -2.34. The monoisotopic (exact) mass is 609 g/mol. The van der Waals surface area contributed by atoms with Crippen LogP contribution in [-0.4, -0.2) is 79.6 Å². The Kier molecular flexibility index (Phi) is 7.88. The predicted octanol–water partition coefficient (Wildman–Crippen LogP) is 4.01. The van der Waals surface area contributed by atoms with Gasteiger partial charge in [0.15, 0.2) is 11.8 Å². The number of nitrogens with one attached hydrogen (secondary N) is 2. The number of hydrogen-bond acceptors (Lipinski definition) is 8. The van der Waals surface area contributed by atoms with Gasteiger partial charge in [0.2, 0.25) is 12.4 Å². The summed E-state index contributed by atoms with van der Waals surface area (Å²) in [7, 11) is 2.18. The Balaban J connectivity index is 1.25. The zero-order valence-electron chi connectivity index (χ0n) is 25.7. The molecule has 0 aliphatic carbocycles. The predicted molar refractivity (Wildman–Crippen MR) is 175 cm³/mol. The largest absolute Gasteiger partial charge is 0.494 e. The Morgan fingerprint density at radius 1 is 1.13 bits per heavy atom. The van der Waals surface area contributed by atoms with Gasteiger partial charge in [-0.15, -0.1) is 0 Å². The van der Waals surface area contributed by atoms with Crippen molar-refractivity contribution in [1.29, 1.82) is 0 Å². The highest BCUT2D eigenvalue weighted by atomic mass is 16.5. The molecule has 7 rings (SSSR count). The van der Waals surface area contributed by atoms with E-state index in [-0.39, 0.29) is 5.56 Å². The zero-order valence-corrected chi connectivity index (χ0v) is 25.7. The van der Waals surface area contributed by atoms with E-state index in [4.69, 9.17) is 9.72 Å². The number of carbonyl (C=O) groups is 1. The van der Waals surface area contributed by atoms with Gasteiger partial charge >= 0.3 is 0 Å². The highest BCUT2D eigenvalue weighted by Crippen LogP contribution is 2.30. The minimum Gasteiger partial charge on any atom is -0.494 e. The molecule has 3 aliphatic heterocycles. The molecule has 3 aromatic heterocycles. The first-order chi connectivity index (χ1) is 22.0. The summed E-state index contributed by atoms with van der Waals surface area (Å²) >= 11 is 0. The molecule has 6 heterocycles. The number of dihydropyridines is 1. The average Bonchev–Trinajstić information content (AvgIpc) is 3.59. The molecule has 1 saturated heterocycles. The molecule has 0 radical (unpaired) electrons. The average molecular weight is 610 g/mol. The summed E-state index contributed by atoms with van der Waals surface area (Å²) in [6.07, 6.45) is 15.7. The number of hydrogen-bond donors (Lipinski definition) is 2. The molecule has 0 spiro atoms. The lowest BCUT2D eigenvalue weighted by molar-refractivity contribution is -0.120. The van der Waals surface area contributed by atoms with Gasteiger partial charge in [0, 0.05) is 41.6 Å². The number of amides is 1. The van der Waals surface area contributed by atoms with Gasteiger partial charge < -0.3 is 29.7 Å². The Morgan fingerprint density at radius 2 is 2.00 bits per heavy atom. The fourth-order valence-corrected chi connectivity index (χ4v) is 6.57. The normalized spacial score (nSPS) is 20.4. The van der Waals surface area contributed by atoms with Crippen LogP contribution < -0.4 is 16.2 Å². The molecule has 1 unspecified atom stereocenters. The molecular weight excluding hydrogens is 570 g/mol. The molecule has 1 aromatic carbocycles. The summed E-state index contributed by atoms with van der Waals surface area (Å²) in [4.78, 5) is 39.3. The van der Waals surface area contributed by atoms with Crippen LogP contribution in [0.15, 0.2) is 71.5 Å². The van der Waals surface area contributed by atoms with Crippen molar-refractivity contribution in [3.63, 3.8) is 0 Å². The van der Waals surface area contributed by atoms with Crippen molar-refractivity contribution in [3.05, 3.63) is 77.1 Å². The Hall–Kier alpha value is -4.84. The van der Waals surface area contributed by atoms with E-state index in [1.54, 1.807) is 20.5 Å². The van der Waals surface area contributed by atoms with E-state index in [0.29, 0.717) is 54.3 Å². The molecule has 2 N–H and O–H groups in total. The highest BCUT2D eigenvalue weighted by molar-refractivity contribution is 5.85. The Bertz CT molecular complexity index is 1870. The molecule has 1 fully saturated rings. The summed E-state index contributed by atoms with van der Waals surface area (Å²) in [5.74, 6) is 1.63. The number of rotatable bonds is 6. The van der Waals surface area contributed by atoms with E-state index < -0.39 is 6.17 Å². The topological polar surface area (TPSA) is 114 Å². The third kappa shape index (κ3) is 5.50. The van der Waals surface area contributed by atoms with Crippen LogP contribution in [0.2, 0.25) is 0 Å². The summed E-state index contributed by atoms with van der Waals surface area (Å²) in [6, 6.07) is 8.97. The summed E-state index contributed by atoms with van der Waals surface area (Å²) in [5, 5.41) is 8.36. The first kappa shape index (κ1) is 28.9. The number of benzene rings is 1. The van der Waals surface area contributed by atoms with Gasteiger partial charge in [-0.3, -0.25) is 9.59 Å². The van der Waals surface area contributed by atoms with Crippen LogP contribution in [-0.2, 0) is 16.1 Å². The number of piperidine rings is 1. The number of carbonyl (C=O) groups excluding carboxylic acids is 1.